The minimum atomic E-state index is -0.277. The molecular formula is C24H23ClN2O2. The second kappa shape index (κ2) is 9.39. The molecule has 5 heteroatoms. The van der Waals surface area contributed by atoms with Gasteiger partial charge in [-0.25, -0.2) is 0 Å². The lowest BCUT2D eigenvalue weighted by atomic mass is 10.0. The highest BCUT2D eigenvalue weighted by Crippen LogP contribution is 2.25. The first kappa shape index (κ1) is 20.6. The van der Waals surface area contributed by atoms with Gasteiger partial charge in [-0.2, -0.15) is 0 Å². The molecule has 0 heterocycles. The van der Waals surface area contributed by atoms with E-state index < -0.39 is 0 Å². The standard InChI is InChI=1S/C24H23ClN2O2/c1-3-27(4-2)20-13-10-18(11-14-20)24(29)26-22-15-12-19(25)16-21(22)23(28)17-8-6-5-7-9-17/h5-16H,3-4H2,1-2H3,(H,26,29). The molecule has 0 radical (unpaired) electrons. The second-order valence-electron chi connectivity index (χ2n) is 6.56. The van der Waals surface area contributed by atoms with Crippen LogP contribution in [0.4, 0.5) is 11.4 Å². The van der Waals surface area contributed by atoms with Gasteiger partial charge in [0.1, 0.15) is 0 Å². The van der Waals surface area contributed by atoms with Crippen LogP contribution in [0.15, 0.2) is 72.8 Å². The van der Waals surface area contributed by atoms with Crippen molar-refractivity contribution in [1.29, 1.82) is 0 Å². The second-order valence-corrected chi connectivity index (χ2v) is 6.99. The van der Waals surface area contributed by atoms with Gasteiger partial charge in [0.25, 0.3) is 5.91 Å². The van der Waals surface area contributed by atoms with Crippen molar-refractivity contribution < 1.29 is 9.59 Å². The van der Waals surface area contributed by atoms with E-state index in [1.165, 1.54) is 0 Å². The quantitative estimate of drug-likeness (QED) is 0.514. The molecule has 3 rings (SSSR count). The van der Waals surface area contributed by atoms with Crippen LogP contribution in [0.1, 0.15) is 40.1 Å². The molecule has 29 heavy (non-hydrogen) atoms. The van der Waals surface area contributed by atoms with Gasteiger partial charge in [-0.05, 0) is 56.3 Å². The van der Waals surface area contributed by atoms with Gasteiger partial charge < -0.3 is 10.2 Å². The van der Waals surface area contributed by atoms with E-state index in [1.807, 2.05) is 18.2 Å². The fraction of sp³-hybridized carbons (Fsp3) is 0.167. The van der Waals surface area contributed by atoms with E-state index in [-0.39, 0.29) is 11.7 Å². The highest BCUT2D eigenvalue weighted by molar-refractivity contribution is 6.31. The molecule has 4 nitrogen and oxygen atoms in total. The fourth-order valence-electron chi connectivity index (χ4n) is 3.17. The van der Waals surface area contributed by atoms with Crippen LogP contribution in [0.2, 0.25) is 5.02 Å². The van der Waals surface area contributed by atoms with E-state index in [4.69, 9.17) is 11.6 Å². The summed E-state index contributed by atoms with van der Waals surface area (Å²) in [6, 6.07) is 21.2. The van der Waals surface area contributed by atoms with Gasteiger partial charge in [-0.15, -0.1) is 0 Å². The number of ketones is 1. The number of benzene rings is 3. The summed E-state index contributed by atoms with van der Waals surface area (Å²) in [4.78, 5) is 27.9. The molecule has 3 aromatic carbocycles. The van der Waals surface area contributed by atoms with Gasteiger partial charge >= 0.3 is 0 Å². The van der Waals surface area contributed by atoms with Crippen molar-refractivity contribution in [2.45, 2.75) is 13.8 Å². The first-order valence-corrected chi connectivity index (χ1v) is 9.97. The summed E-state index contributed by atoms with van der Waals surface area (Å²) in [5.74, 6) is -0.471. The normalized spacial score (nSPS) is 10.4. The van der Waals surface area contributed by atoms with Gasteiger partial charge in [-0.1, -0.05) is 41.9 Å². The highest BCUT2D eigenvalue weighted by Gasteiger charge is 2.17. The van der Waals surface area contributed by atoms with E-state index in [9.17, 15) is 9.59 Å². The summed E-state index contributed by atoms with van der Waals surface area (Å²) >= 11 is 6.11. The zero-order valence-electron chi connectivity index (χ0n) is 16.5. The minimum absolute atomic E-state index is 0.194. The Kier molecular flexibility index (Phi) is 6.68. The molecule has 0 unspecified atom stereocenters. The Bertz CT molecular complexity index is 997. The average molecular weight is 407 g/mol. The molecular weight excluding hydrogens is 384 g/mol. The molecule has 0 saturated heterocycles. The smallest absolute Gasteiger partial charge is 0.255 e. The summed E-state index contributed by atoms with van der Waals surface area (Å²) in [7, 11) is 0. The number of nitrogens with one attached hydrogen (secondary N) is 1. The molecule has 1 amide bonds. The molecule has 0 aliphatic carbocycles. The lowest BCUT2D eigenvalue weighted by Gasteiger charge is -2.21. The van der Waals surface area contributed by atoms with E-state index in [1.54, 1.807) is 54.6 Å². The number of amides is 1. The predicted molar refractivity (Wildman–Crippen MR) is 119 cm³/mol. The first-order chi connectivity index (χ1) is 14.0. The third kappa shape index (κ3) is 4.84. The SMILES string of the molecule is CCN(CC)c1ccc(C(=O)Nc2ccc(Cl)cc2C(=O)c2ccccc2)cc1. The lowest BCUT2D eigenvalue weighted by molar-refractivity contribution is 0.102. The maximum atomic E-state index is 12.9. The predicted octanol–water partition coefficient (Wildman–Crippen LogP) is 5.67. The first-order valence-electron chi connectivity index (χ1n) is 9.59. The number of nitrogens with zero attached hydrogens (tertiary/aromatic N) is 1. The molecule has 1 N–H and O–H groups in total. The van der Waals surface area contributed by atoms with Gasteiger partial charge in [0.15, 0.2) is 5.78 Å². The summed E-state index contributed by atoms with van der Waals surface area (Å²) in [5, 5.41) is 3.29. The molecule has 0 aliphatic heterocycles. The van der Waals surface area contributed by atoms with Crippen molar-refractivity contribution >= 4 is 34.7 Å². The molecule has 0 spiro atoms. The van der Waals surface area contributed by atoms with Crippen LogP contribution in [0.3, 0.4) is 0 Å². The van der Waals surface area contributed by atoms with Crippen LogP contribution < -0.4 is 10.2 Å². The summed E-state index contributed by atoms with van der Waals surface area (Å²) in [5.41, 5.74) is 2.92. The zero-order valence-corrected chi connectivity index (χ0v) is 17.2. The Balaban J connectivity index is 1.85. The Morgan fingerprint density at radius 1 is 0.862 bits per heavy atom. The van der Waals surface area contributed by atoms with Crippen LogP contribution in [0, 0.1) is 0 Å². The number of rotatable bonds is 7. The third-order valence-corrected chi connectivity index (χ3v) is 5.00. The van der Waals surface area contributed by atoms with E-state index in [0.29, 0.717) is 27.4 Å². The van der Waals surface area contributed by atoms with Crippen molar-refractivity contribution in [3.05, 3.63) is 94.5 Å². The molecule has 0 bridgehead atoms. The monoisotopic (exact) mass is 406 g/mol. The topological polar surface area (TPSA) is 49.4 Å². The van der Waals surface area contributed by atoms with Crippen molar-refractivity contribution in [3.63, 3.8) is 0 Å². The minimum Gasteiger partial charge on any atom is -0.372 e. The van der Waals surface area contributed by atoms with E-state index >= 15 is 0 Å². The summed E-state index contributed by atoms with van der Waals surface area (Å²) in [6.45, 7) is 5.99. The summed E-state index contributed by atoms with van der Waals surface area (Å²) < 4.78 is 0. The maximum absolute atomic E-state index is 12.9. The van der Waals surface area contributed by atoms with Crippen LogP contribution in [-0.2, 0) is 0 Å². The molecule has 148 valence electrons. The highest BCUT2D eigenvalue weighted by atomic mass is 35.5. The fourth-order valence-corrected chi connectivity index (χ4v) is 3.34. The Morgan fingerprint density at radius 3 is 2.14 bits per heavy atom. The van der Waals surface area contributed by atoms with Crippen LogP contribution in [-0.4, -0.2) is 24.8 Å². The van der Waals surface area contributed by atoms with Crippen LogP contribution in [0.25, 0.3) is 0 Å². The van der Waals surface area contributed by atoms with E-state index in [0.717, 1.165) is 18.8 Å². The number of anilines is 2. The molecule has 0 aliphatic rings. The number of carbonyl (C=O) groups is 2. The van der Waals surface area contributed by atoms with Crippen molar-refractivity contribution in [2.24, 2.45) is 0 Å². The zero-order chi connectivity index (χ0) is 20.8. The van der Waals surface area contributed by atoms with Crippen LogP contribution in [0.5, 0.6) is 0 Å². The molecule has 3 aromatic rings. The molecule has 0 fully saturated rings. The van der Waals surface area contributed by atoms with E-state index in [2.05, 4.69) is 24.1 Å². The lowest BCUT2D eigenvalue weighted by Crippen LogP contribution is -2.22. The Morgan fingerprint density at radius 2 is 1.52 bits per heavy atom. The van der Waals surface area contributed by atoms with Gasteiger partial charge in [-0.3, -0.25) is 9.59 Å². The average Bonchev–Trinajstić information content (AvgIpc) is 2.76. The number of carbonyl (C=O) groups excluding carboxylic acids is 2. The Labute approximate surface area is 176 Å². The van der Waals surface area contributed by atoms with Gasteiger partial charge in [0.05, 0.1) is 5.69 Å². The number of halogens is 1. The Hall–Kier alpha value is -3.11. The number of hydrogen-bond acceptors (Lipinski definition) is 3. The van der Waals surface area contributed by atoms with Crippen molar-refractivity contribution in [1.82, 2.24) is 0 Å². The van der Waals surface area contributed by atoms with Crippen molar-refractivity contribution in [2.75, 3.05) is 23.3 Å². The van der Waals surface area contributed by atoms with Gasteiger partial charge in [0, 0.05) is 40.5 Å². The van der Waals surface area contributed by atoms with Crippen molar-refractivity contribution in [3.8, 4) is 0 Å². The largest absolute Gasteiger partial charge is 0.372 e. The molecule has 0 atom stereocenters. The molecule has 0 aromatic heterocycles. The number of hydrogen-bond donors (Lipinski definition) is 1. The molecule has 0 saturated carbocycles. The third-order valence-electron chi connectivity index (χ3n) is 4.77. The van der Waals surface area contributed by atoms with Gasteiger partial charge in [0.2, 0.25) is 0 Å². The maximum Gasteiger partial charge on any atom is 0.255 e. The van der Waals surface area contributed by atoms with Crippen LogP contribution >= 0.6 is 11.6 Å². The summed E-state index contributed by atoms with van der Waals surface area (Å²) in [6.07, 6.45) is 0.